The van der Waals surface area contributed by atoms with Gasteiger partial charge in [0.25, 0.3) is 0 Å². The van der Waals surface area contributed by atoms with Crippen LogP contribution in [-0.2, 0) is 4.79 Å². The molecule has 0 saturated heterocycles. The fraction of sp³-hybridized carbons (Fsp3) is 0. The average molecular weight is 303 g/mol. The van der Waals surface area contributed by atoms with Gasteiger partial charge in [0.2, 0.25) is 0 Å². The molecule has 0 saturated carbocycles. The maximum absolute atomic E-state index is 11.8. The predicted octanol–water partition coefficient (Wildman–Crippen LogP) is 5.29. The topological polar surface area (TPSA) is 17.1 Å². The van der Waals surface area contributed by atoms with Crippen molar-refractivity contribution in [1.82, 2.24) is 0 Å². The molecule has 0 N–H and O–H groups in total. The minimum absolute atomic E-state index is 0.121. The Labute approximate surface area is 128 Å². The molecule has 0 radical (unpaired) electrons. The smallest absolute Gasteiger partial charge is 0.178 e. The van der Waals surface area contributed by atoms with Gasteiger partial charge in [-0.15, -0.1) is 0 Å². The van der Waals surface area contributed by atoms with Crippen LogP contribution in [0.2, 0.25) is 10.0 Å². The molecule has 0 fully saturated rings. The molecule has 0 aliphatic rings. The first-order chi connectivity index (χ1) is 9.66. The normalized spacial score (nSPS) is 11.3. The second-order valence-corrected chi connectivity index (χ2v) is 4.93. The van der Waals surface area contributed by atoms with E-state index >= 15 is 0 Å². The molecule has 0 amide bonds. The molecule has 0 aliphatic carbocycles. The first-order valence-electron chi connectivity index (χ1n) is 6.06. The number of carbonyl (C=O) groups excluding carboxylic acids is 1. The third kappa shape index (κ3) is 4.09. The molecule has 100 valence electrons. The molecule has 0 spiro atoms. The fourth-order valence-corrected chi connectivity index (χ4v) is 2.02. The molecular formula is C17H12Cl2O. The van der Waals surface area contributed by atoms with Crippen LogP contribution >= 0.6 is 23.2 Å². The number of ketones is 1. The summed E-state index contributed by atoms with van der Waals surface area (Å²) in [6, 6.07) is 14.7. The van der Waals surface area contributed by atoms with Gasteiger partial charge in [-0.25, -0.2) is 0 Å². The Morgan fingerprint density at radius 3 is 1.55 bits per heavy atom. The highest BCUT2D eigenvalue weighted by Crippen LogP contribution is 2.17. The summed E-state index contributed by atoms with van der Waals surface area (Å²) in [4.78, 5) is 11.8. The molecule has 0 heterocycles. The van der Waals surface area contributed by atoms with Crippen molar-refractivity contribution in [2.24, 2.45) is 0 Å². The number of halogens is 2. The molecule has 20 heavy (non-hydrogen) atoms. The van der Waals surface area contributed by atoms with Crippen LogP contribution in [0.5, 0.6) is 0 Å². The Bertz CT molecular complexity index is 615. The Hall–Kier alpha value is -1.83. The van der Waals surface area contributed by atoms with Crippen molar-refractivity contribution in [3.63, 3.8) is 0 Å². The number of benzene rings is 2. The standard InChI is InChI=1S/C17H12Cl2O/c18-16-7-3-1-5-13(16)9-11-15(20)12-10-14-6-2-4-8-17(14)19/h1-12H/b11-9+,12-10+. The highest BCUT2D eigenvalue weighted by atomic mass is 35.5. The zero-order chi connectivity index (χ0) is 14.4. The second-order valence-electron chi connectivity index (χ2n) is 4.11. The monoisotopic (exact) mass is 302 g/mol. The second kappa shape index (κ2) is 7.09. The molecule has 2 aromatic rings. The Morgan fingerprint density at radius 2 is 1.15 bits per heavy atom. The van der Waals surface area contributed by atoms with Crippen molar-refractivity contribution >= 4 is 41.1 Å². The highest BCUT2D eigenvalue weighted by molar-refractivity contribution is 6.32. The van der Waals surface area contributed by atoms with Gasteiger partial charge >= 0.3 is 0 Å². The number of rotatable bonds is 4. The van der Waals surface area contributed by atoms with Gasteiger partial charge < -0.3 is 0 Å². The summed E-state index contributed by atoms with van der Waals surface area (Å²) in [5, 5.41) is 1.23. The largest absolute Gasteiger partial charge is 0.290 e. The maximum atomic E-state index is 11.8. The first kappa shape index (κ1) is 14.6. The molecule has 0 aromatic heterocycles. The lowest BCUT2D eigenvalue weighted by atomic mass is 10.1. The van der Waals surface area contributed by atoms with Gasteiger partial charge in [0.05, 0.1) is 0 Å². The molecular weight excluding hydrogens is 291 g/mol. The molecule has 1 nitrogen and oxygen atoms in total. The van der Waals surface area contributed by atoms with Gasteiger partial charge in [-0.1, -0.05) is 59.6 Å². The zero-order valence-electron chi connectivity index (χ0n) is 10.6. The van der Waals surface area contributed by atoms with E-state index in [-0.39, 0.29) is 5.78 Å². The van der Waals surface area contributed by atoms with Crippen LogP contribution in [0, 0.1) is 0 Å². The van der Waals surface area contributed by atoms with E-state index in [0.717, 1.165) is 11.1 Å². The SMILES string of the molecule is O=C(/C=C/c1ccccc1Cl)/C=C/c1ccccc1Cl. The van der Waals surface area contributed by atoms with Crippen LogP contribution < -0.4 is 0 Å². The van der Waals surface area contributed by atoms with Crippen molar-refractivity contribution in [3.8, 4) is 0 Å². The first-order valence-corrected chi connectivity index (χ1v) is 6.81. The summed E-state index contributed by atoms with van der Waals surface area (Å²) >= 11 is 12.0. The van der Waals surface area contributed by atoms with Gasteiger partial charge in [0.1, 0.15) is 0 Å². The minimum Gasteiger partial charge on any atom is -0.290 e. The number of allylic oxidation sites excluding steroid dienone is 2. The van der Waals surface area contributed by atoms with E-state index in [1.165, 1.54) is 12.2 Å². The zero-order valence-corrected chi connectivity index (χ0v) is 12.1. The van der Waals surface area contributed by atoms with Crippen molar-refractivity contribution in [3.05, 3.63) is 81.9 Å². The van der Waals surface area contributed by atoms with Crippen LogP contribution in [0.3, 0.4) is 0 Å². The third-order valence-electron chi connectivity index (χ3n) is 2.66. The van der Waals surface area contributed by atoms with E-state index < -0.39 is 0 Å². The molecule has 3 heteroatoms. The number of carbonyl (C=O) groups is 1. The summed E-state index contributed by atoms with van der Waals surface area (Å²) in [5.41, 5.74) is 1.63. The Morgan fingerprint density at radius 1 is 0.750 bits per heavy atom. The third-order valence-corrected chi connectivity index (χ3v) is 3.35. The van der Waals surface area contributed by atoms with Gasteiger partial charge in [-0.05, 0) is 47.6 Å². The van der Waals surface area contributed by atoms with E-state index in [1.807, 2.05) is 36.4 Å². The Balaban J connectivity index is 2.07. The average Bonchev–Trinajstić information content (AvgIpc) is 2.45. The van der Waals surface area contributed by atoms with E-state index in [2.05, 4.69) is 0 Å². The van der Waals surface area contributed by atoms with Crippen LogP contribution in [-0.4, -0.2) is 5.78 Å². The number of hydrogen-bond acceptors (Lipinski definition) is 1. The van der Waals surface area contributed by atoms with E-state index in [4.69, 9.17) is 23.2 Å². The van der Waals surface area contributed by atoms with Gasteiger partial charge in [-0.2, -0.15) is 0 Å². The quantitative estimate of drug-likeness (QED) is 0.701. The van der Waals surface area contributed by atoms with Crippen molar-refractivity contribution in [2.75, 3.05) is 0 Å². The maximum Gasteiger partial charge on any atom is 0.178 e. The number of hydrogen-bond donors (Lipinski definition) is 0. The molecule has 0 aliphatic heterocycles. The molecule has 2 rings (SSSR count). The Kier molecular flexibility index (Phi) is 5.16. The molecule has 0 atom stereocenters. The van der Waals surface area contributed by atoms with Crippen LogP contribution in [0.15, 0.2) is 60.7 Å². The van der Waals surface area contributed by atoms with Crippen molar-refractivity contribution in [1.29, 1.82) is 0 Å². The fourth-order valence-electron chi connectivity index (χ4n) is 1.62. The lowest BCUT2D eigenvalue weighted by molar-refractivity contribution is -0.110. The summed E-state index contributed by atoms with van der Waals surface area (Å²) in [5.74, 6) is -0.121. The minimum atomic E-state index is -0.121. The van der Waals surface area contributed by atoms with Crippen molar-refractivity contribution in [2.45, 2.75) is 0 Å². The van der Waals surface area contributed by atoms with E-state index in [9.17, 15) is 4.79 Å². The van der Waals surface area contributed by atoms with Crippen LogP contribution in [0.25, 0.3) is 12.2 Å². The molecule has 2 aromatic carbocycles. The van der Waals surface area contributed by atoms with Crippen LogP contribution in [0.1, 0.15) is 11.1 Å². The lowest BCUT2D eigenvalue weighted by Gasteiger charge is -1.96. The van der Waals surface area contributed by atoms with E-state index in [0.29, 0.717) is 10.0 Å². The summed E-state index contributed by atoms with van der Waals surface area (Å²) in [7, 11) is 0. The lowest BCUT2D eigenvalue weighted by Crippen LogP contribution is -1.85. The summed E-state index contributed by atoms with van der Waals surface area (Å²) < 4.78 is 0. The summed E-state index contributed by atoms with van der Waals surface area (Å²) in [6.07, 6.45) is 6.35. The van der Waals surface area contributed by atoms with Crippen LogP contribution in [0.4, 0.5) is 0 Å². The van der Waals surface area contributed by atoms with E-state index in [1.54, 1.807) is 24.3 Å². The van der Waals surface area contributed by atoms with Gasteiger partial charge in [0, 0.05) is 10.0 Å². The van der Waals surface area contributed by atoms with Gasteiger partial charge in [-0.3, -0.25) is 4.79 Å². The predicted molar refractivity (Wildman–Crippen MR) is 86.0 cm³/mol. The summed E-state index contributed by atoms with van der Waals surface area (Å²) in [6.45, 7) is 0. The molecule has 0 unspecified atom stereocenters. The molecule has 0 bridgehead atoms. The highest BCUT2D eigenvalue weighted by Gasteiger charge is 1.97. The van der Waals surface area contributed by atoms with Gasteiger partial charge in [0.15, 0.2) is 5.78 Å². The van der Waals surface area contributed by atoms with Crippen molar-refractivity contribution < 1.29 is 4.79 Å².